The number of nitrogens with zero attached hydrogens (tertiary/aromatic N) is 1. The standard InChI is InChI=1S/C13H26N2O3S/c1-10(7-9-19-5)15(4)12(18)14-13(2,3)8-6-11(16)17/h10H,6-9H2,1-5H3,(H,14,18)(H,16,17). The van der Waals surface area contributed by atoms with E-state index in [1.54, 1.807) is 23.7 Å². The highest BCUT2D eigenvalue weighted by molar-refractivity contribution is 7.98. The topological polar surface area (TPSA) is 69.6 Å². The minimum atomic E-state index is -0.844. The van der Waals surface area contributed by atoms with Gasteiger partial charge in [-0.3, -0.25) is 4.79 Å². The summed E-state index contributed by atoms with van der Waals surface area (Å²) >= 11 is 1.76. The Balaban J connectivity index is 4.29. The van der Waals surface area contributed by atoms with Crippen LogP contribution in [0.15, 0.2) is 0 Å². The second kappa shape index (κ2) is 8.30. The molecule has 2 amide bonds. The summed E-state index contributed by atoms with van der Waals surface area (Å²) in [7, 11) is 1.77. The van der Waals surface area contributed by atoms with Gasteiger partial charge < -0.3 is 15.3 Å². The van der Waals surface area contributed by atoms with Gasteiger partial charge in [0.2, 0.25) is 0 Å². The number of nitrogens with one attached hydrogen (secondary N) is 1. The number of aliphatic carboxylic acids is 1. The van der Waals surface area contributed by atoms with E-state index >= 15 is 0 Å². The summed E-state index contributed by atoms with van der Waals surface area (Å²) < 4.78 is 0. The van der Waals surface area contributed by atoms with Crippen molar-refractivity contribution in [3.05, 3.63) is 0 Å². The molecule has 0 radical (unpaired) electrons. The predicted octanol–water partition coefficient (Wildman–Crippen LogP) is 2.41. The molecule has 0 aliphatic heterocycles. The van der Waals surface area contributed by atoms with E-state index in [9.17, 15) is 9.59 Å². The van der Waals surface area contributed by atoms with Crippen LogP contribution in [0.4, 0.5) is 4.79 Å². The lowest BCUT2D eigenvalue weighted by Crippen LogP contribution is -2.51. The molecular weight excluding hydrogens is 264 g/mol. The molecule has 112 valence electrons. The molecule has 0 aliphatic carbocycles. The van der Waals surface area contributed by atoms with Crippen molar-refractivity contribution in [1.82, 2.24) is 10.2 Å². The van der Waals surface area contributed by atoms with Gasteiger partial charge in [0.15, 0.2) is 0 Å². The molecule has 1 unspecified atom stereocenters. The second-order valence-electron chi connectivity index (χ2n) is 5.45. The molecule has 19 heavy (non-hydrogen) atoms. The first-order chi connectivity index (χ1) is 8.69. The van der Waals surface area contributed by atoms with Crippen molar-refractivity contribution in [3.63, 3.8) is 0 Å². The Bertz CT molecular complexity index is 308. The van der Waals surface area contributed by atoms with Gasteiger partial charge in [-0.05, 0) is 45.6 Å². The molecule has 6 heteroatoms. The van der Waals surface area contributed by atoms with Crippen molar-refractivity contribution in [3.8, 4) is 0 Å². The van der Waals surface area contributed by atoms with Crippen molar-refractivity contribution in [2.24, 2.45) is 0 Å². The molecule has 0 aromatic rings. The summed E-state index contributed by atoms with van der Waals surface area (Å²) in [6, 6.07) is 0.0201. The molecule has 0 aliphatic rings. The fourth-order valence-electron chi connectivity index (χ4n) is 1.54. The van der Waals surface area contributed by atoms with Gasteiger partial charge in [-0.25, -0.2) is 4.79 Å². The van der Waals surface area contributed by atoms with E-state index in [-0.39, 0.29) is 18.5 Å². The lowest BCUT2D eigenvalue weighted by molar-refractivity contribution is -0.137. The molecule has 0 aromatic carbocycles. The molecule has 0 fully saturated rings. The number of carbonyl (C=O) groups is 2. The van der Waals surface area contributed by atoms with Crippen molar-refractivity contribution < 1.29 is 14.7 Å². The average Bonchev–Trinajstić information content (AvgIpc) is 2.32. The van der Waals surface area contributed by atoms with Crippen molar-refractivity contribution in [2.75, 3.05) is 19.1 Å². The molecule has 0 aromatic heterocycles. The van der Waals surface area contributed by atoms with Crippen LogP contribution < -0.4 is 5.32 Å². The Kier molecular flexibility index (Phi) is 7.90. The largest absolute Gasteiger partial charge is 0.481 e. The summed E-state index contributed by atoms with van der Waals surface area (Å²) in [5.74, 6) is 0.172. The quantitative estimate of drug-likeness (QED) is 0.720. The Morgan fingerprint density at radius 3 is 2.47 bits per heavy atom. The summed E-state index contributed by atoms with van der Waals surface area (Å²) in [6.07, 6.45) is 3.46. The minimum Gasteiger partial charge on any atom is -0.481 e. The van der Waals surface area contributed by atoms with Gasteiger partial charge >= 0.3 is 12.0 Å². The van der Waals surface area contributed by atoms with E-state index in [0.29, 0.717) is 6.42 Å². The molecule has 1 atom stereocenters. The van der Waals surface area contributed by atoms with Crippen LogP contribution in [0.5, 0.6) is 0 Å². The highest BCUT2D eigenvalue weighted by Gasteiger charge is 2.24. The maximum absolute atomic E-state index is 12.1. The minimum absolute atomic E-state index is 0.0546. The Morgan fingerprint density at radius 1 is 1.42 bits per heavy atom. The van der Waals surface area contributed by atoms with E-state index in [0.717, 1.165) is 12.2 Å². The number of amides is 2. The van der Waals surface area contributed by atoms with E-state index < -0.39 is 11.5 Å². The lowest BCUT2D eigenvalue weighted by atomic mass is 9.99. The number of urea groups is 1. The fraction of sp³-hybridized carbons (Fsp3) is 0.846. The number of thioether (sulfide) groups is 1. The van der Waals surface area contributed by atoms with Crippen LogP contribution >= 0.6 is 11.8 Å². The SMILES string of the molecule is CSCCC(C)N(C)C(=O)NC(C)(C)CCC(=O)O. The third-order valence-corrected chi connectivity index (χ3v) is 3.77. The third kappa shape index (κ3) is 7.97. The van der Waals surface area contributed by atoms with E-state index in [4.69, 9.17) is 5.11 Å². The van der Waals surface area contributed by atoms with E-state index in [1.165, 1.54) is 0 Å². The monoisotopic (exact) mass is 290 g/mol. The Morgan fingerprint density at radius 2 is 2.00 bits per heavy atom. The summed E-state index contributed by atoms with van der Waals surface area (Å²) in [5.41, 5.74) is -0.511. The van der Waals surface area contributed by atoms with Crippen molar-refractivity contribution in [2.45, 2.75) is 51.6 Å². The third-order valence-electron chi connectivity index (χ3n) is 3.13. The number of carbonyl (C=O) groups excluding carboxylic acids is 1. The van der Waals surface area contributed by atoms with Gasteiger partial charge in [-0.2, -0.15) is 11.8 Å². The zero-order valence-electron chi connectivity index (χ0n) is 12.5. The number of carboxylic acids is 1. The number of carboxylic acid groups (broad SMARTS) is 1. The highest BCUT2D eigenvalue weighted by atomic mass is 32.2. The molecule has 2 N–H and O–H groups in total. The van der Waals surface area contributed by atoms with Gasteiger partial charge in [0.1, 0.15) is 0 Å². The number of hydrogen-bond donors (Lipinski definition) is 2. The van der Waals surface area contributed by atoms with Crippen LogP contribution in [0.3, 0.4) is 0 Å². The first-order valence-electron chi connectivity index (χ1n) is 6.45. The lowest BCUT2D eigenvalue weighted by Gasteiger charge is -2.31. The summed E-state index contributed by atoms with van der Waals surface area (Å²) in [4.78, 5) is 24.3. The molecular formula is C13H26N2O3S. The highest BCUT2D eigenvalue weighted by Crippen LogP contribution is 2.13. The Hall–Kier alpha value is -0.910. The normalized spacial score (nSPS) is 12.9. The predicted molar refractivity (Wildman–Crippen MR) is 79.7 cm³/mol. The zero-order chi connectivity index (χ0) is 15.1. The van der Waals surface area contributed by atoms with Gasteiger partial charge in [0.25, 0.3) is 0 Å². The first-order valence-corrected chi connectivity index (χ1v) is 7.84. The van der Waals surface area contributed by atoms with Crippen LogP contribution in [-0.4, -0.2) is 52.6 Å². The van der Waals surface area contributed by atoms with Gasteiger partial charge in [0.05, 0.1) is 0 Å². The van der Waals surface area contributed by atoms with Crippen LogP contribution in [0.25, 0.3) is 0 Å². The molecule has 5 nitrogen and oxygen atoms in total. The van der Waals surface area contributed by atoms with Crippen LogP contribution in [-0.2, 0) is 4.79 Å². The first kappa shape index (κ1) is 18.1. The Labute approximate surface area is 120 Å². The van der Waals surface area contributed by atoms with E-state index in [1.807, 2.05) is 27.0 Å². The smallest absolute Gasteiger partial charge is 0.317 e. The van der Waals surface area contributed by atoms with Crippen LogP contribution in [0.2, 0.25) is 0 Å². The van der Waals surface area contributed by atoms with Crippen LogP contribution in [0.1, 0.15) is 40.0 Å². The average molecular weight is 290 g/mol. The second-order valence-corrected chi connectivity index (χ2v) is 6.43. The van der Waals surface area contributed by atoms with E-state index in [2.05, 4.69) is 5.32 Å². The summed E-state index contributed by atoms with van der Waals surface area (Å²) in [6.45, 7) is 5.70. The maximum Gasteiger partial charge on any atom is 0.317 e. The van der Waals surface area contributed by atoms with Gasteiger partial charge in [0, 0.05) is 25.0 Å². The van der Waals surface area contributed by atoms with Crippen molar-refractivity contribution in [1.29, 1.82) is 0 Å². The molecule has 0 heterocycles. The number of rotatable bonds is 8. The van der Waals surface area contributed by atoms with Crippen molar-refractivity contribution >= 4 is 23.8 Å². The van der Waals surface area contributed by atoms with Gasteiger partial charge in [-0.1, -0.05) is 0 Å². The fourth-order valence-corrected chi connectivity index (χ4v) is 2.12. The maximum atomic E-state index is 12.1. The molecule has 0 saturated heterocycles. The molecule has 0 rings (SSSR count). The molecule has 0 bridgehead atoms. The summed E-state index contributed by atoms with van der Waals surface area (Å²) in [5, 5.41) is 11.6. The zero-order valence-corrected chi connectivity index (χ0v) is 13.3. The van der Waals surface area contributed by atoms with Crippen LogP contribution in [0, 0.1) is 0 Å². The molecule has 0 saturated carbocycles. The molecule has 0 spiro atoms. The van der Waals surface area contributed by atoms with Gasteiger partial charge in [-0.15, -0.1) is 0 Å². The number of hydrogen-bond acceptors (Lipinski definition) is 3.